The molecule has 0 heterocycles. The first-order chi connectivity index (χ1) is 5.70. The van der Waals surface area contributed by atoms with Crippen molar-refractivity contribution in [2.45, 2.75) is 13.3 Å². The minimum Gasteiger partial charge on any atom is -0.443 e. The van der Waals surface area contributed by atoms with E-state index in [0.29, 0.717) is 0 Å². The fraction of sp³-hybridized carbons (Fsp3) is 0.429. The molecule has 0 saturated carbocycles. The Kier molecular flexibility index (Phi) is 5.42. The molecule has 0 aliphatic carbocycles. The van der Waals surface area contributed by atoms with E-state index in [9.17, 15) is 9.59 Å². The van der Waals surface area contributed by atoms with Gasteiger partial charge in [-0.1, -0.05) is 19.6 Å². The van der Waals surface area contributed by atoms with Gasteiger partial charge in [-0.25, -0.2) is 9.59 Å². The molecule has 68 valence electrons. The number of hydrogen-bond donors (Lipinski definition) is 1. The van der Waals surface area contributed by atoms with Crippen LogP contribution in [0.4, 0.5) is 4.79 Å². The molecule has 0 fully saturated rings. The van der Waals surface area contributed by atoms with Gasteiger partial charge in [0.15, 0.2) is 0 Å². The van der Waals surface area contributed by atoms with Gasteiger partial charge < -0.3 is 9.57 Å². The molecular weight excluding hydrogens is 162 g/mol. The lowest BCUT2D eigenvalue weighted by molar-refractivity contribution is -0.149. The third-order valence-corrected chi connectivity index (χ3v) is 0.869. The van der Waals surface area contributed by atoms with Crippen LogP contribution in [-0.4, -0.2) is 18.7 Å². The van der Waals surface area contributed by atoms with Gasteiger partial charge >= 0.3 is 12.1 Å². The van der Waals surface area contributed by atoms with Gasteiger partial charge in [0.2, 0.25) is 0 Å². The van der Waals surface area contributed by atoms with Gasteiger partial charge in [-0.2, -0.15) is 0 Å². The van der Waals surface area contributed by atoms with Crippen LogP contribution in [0.5, 0.6) is 0 Å². The first-order valence-corrected chi connectivity index (χ1v) is 3.44. The minimum atomic E-state index is -0.809. The molecule has 0 aliphatic heterocycles. The molecule has 5 heteroatoms. The van der Waals surface area contributed by atoms with Crippen molar-refractivity contribution < 1.29 is 19.2 Å². The summed E-state index contributed by atoms with van der Waals surface area (Å²) in [4.78, 5) is 25.3. The molecule has 0 aromatic rings. The van der Waals surface area contributed by atoms with Crippen molar-refractivity contribution in [2.24, 2.45) is 0 Å². The van der Waals surface area contributed by atoms with Crippen LogP contribution in [0.2, 0.25) is 0 Å². The van der Waals surface area contributed by atoms with Crippen molar-refractivity contribution >= 4 is 12.1 Å². The van der Waals surface area contributed by atoms with Crippen molar-refractivity contribution in [1.29, 1.82) is 0 Å². The molecule has 1 N–H and O–H groups in total. The molecule has 0 saturated heterocycles. The van der Waals surface area contributed by atoms with Crippen LogP contribution in [0.15, 0.2) is 12.7 Å². The van der Waals surface area contributed by atoms with Gasteiger partial charge in [-0.05, 0) is 0 Å². The van der Waals surface area contributed by atoms with Crippen LogP contribution in [0, 0.1) is 0 Å². The molecule has 0 aliphatic rings. The zero-order valence-corrected chi connectivity index (χ0v) is 6.83. The lowest BCUT2D eigenvalue weighted by Crippen LogP contribution is -2.27. The lowest BCUT2D eigenvalue weighted by Gasteiger charge is -2.03. The molecule has 0 atom stereocenters. The van der Waals surface area contributed by atoms with Gasteiger partial charge in [-0.15, -0.1) is 5.48 Å². The summed E-state index contributed by atoms with van der Waals surface area (Å²) in [6, 6.07) is 0. The summed E-state index contributed by atoms with van der Waals surface area (Å²) in [5.74, 6) is -0.523. The molecule has 0 spiro atoms. The Bertz CT molecular complexity index is 178. The zero-order valence-electron chi connectivity index (χ0n) is 6.83. The molecule has 0 unspecified atom stereocenters. The van der Waals surface area contributed by atoms with Crippen LogP contribution >= 0.6 is 0 Å². The summed E-state index contributed by atoms with van der Waals surface area (Å²) in [5.41, 5.74) is 1.81. The normalized spacial score (nSPS) is 8.42. The summed E-state index contributed by atoms with van der Waals surface area (Å²) in [6.07, 6.45) is 0.792. The van der Waals surface area contributed by atoms with Crippen LogP contribution in [-0.2, 0) is 14.4 Å². The number of carbonyl (C=O) groups is 2. The standard InChI is InChI=1S/C7H11NO4/c1-3-5-11-7(10)8-12-6(9)4-2/h3H,1,4-5H2,2H3,(H,8,10). The third kappa shape index (κ3) is 5.28. The minimum absolute atomic E-state index is 0.0789. The average Bonchev–Trinajstić information content (AvgIpc) is 2.10. The molecule has 0 rings (SSSR count). The smallest absolute Gasteiger partial charge is 0.441 e. The van der Waals surface area contributed by atoms with E-state index < -0.39 is 12.1 Å². The second kappa shape index (κ2) is 6.21. The summed E-state index contributed by atoms with van der Waals surface area (Å²) >= 11 is 0. The molecule has 0 aromatic carbocycles. The molecule has 5 nitrogen and oxygen atoms in total. The lowest BCUT2D eigenvalue weighted by atomic mass is 10.5. The maximum absolute atomic E-state index is 10.6. The van der Waals surface area contributed by atoms with Crippen molar-refractivity contribution in [2.75, 3.05) is 6.61 Å². The molecule has 1 amide bonds. The predicted molar refractivity (Wildman–Crippen MR) is 41.1 cm³/mol. The number of rotatable bonds is 3. The van der Waals surface area contributed by atoms with Gasteiger partial charge in [-0.3, -0.25) is 0 Å². The predicted octanol–water partition coefficient (Wildman–Crippen LogP) is 0.767. The van der Waals surface area contributed by atoms with E-state index in [4.69, 9.17) is 0 Å². The number of hydrogen-bond acceptors (Lipinski definition) is 4. The van der Waals surface area contributed by atoms with Gasteiger partial charge in [0.05, 0.1) is 0 Å². The molecular formula is C7H11NO4. The number of amides is 1. The van der Waals surface area contributed by atoms with Gasteiger partial charge in [0, 0.05) is 6.42 Å². The largest absolute Gasteiger partial charge is 0.443 e. The Balaban J connectivity index is 3.43. The topological polar surface area (TPSA) is 64.6 Å². The van der Waals surface area contributed by atoms with Crippen molar-refractivity contribution in [1.82, 2.24) is 5.48 Å². The Morgan fingerprint density at radius 3 is 2.75 bits per heavy atom. The monoisotopic (exact) mass is 173 g/mol. The van der Waals surface area contributed by atoms with Crippen LogP contribution < -0.4 is 5.48 Å². The van der Waals surface area contributed by atoms with Gasteiger partial charge in [0.25, 0.3) is 0 Å². The Hall–Kier alpha value is -1.52. The van der Waals surface area contributed by atoms with Crippen LogP contribution in [0.25, 0.3) is 0 Å². The molecule has 0 radical (unpaired) electrons. The molecule has 12 heavy (non-hydrogen) atoms. The van der Waals surface area contributed by atoms with Gasteiger partial charge in [0.1, 0.15) is 6.61 Å². The average molecular weight is 173 g/mol. The first kappa shape index (κ1) is 10.5. The molecule has 0 bridgehead atoms. The van der Waals surface area contributed by atoms with E-state index in [1.165, 1.54) is 6.08 Å². The number of ether oxygens (including phenoxy) is 1. The summed E-state index contributed by atoms with van der Waals surface area (Å²) in [6.45, 7) is 5.02. The second-order valence-electron chi connectivity index (χ2n) is 1.82. The van der Waals surface area contributed by atoms with E-state index in [0.717, 1.165) is 0 Å². The first-order valence-electron chi connectivity index (χ1n) is 3.44. The maximum Gasteiger partial charge on any atom is 0.441 e. The fourth-order valence-corrected chi connectivity index (χ4v) is 0.335. The van der Waals surface area contributed by atoms with Crippen molar-refractivity contribution in [3.63, 3.8) is 0 Å². The molecule has 0 aromatic heterocycles. The van der Waals surface area contributed by atoms with E-state index in [-0.39, 0.29) is 13.0 Å². The highest BCUT2D eigenvalue weighted by atomic mass is 16.7. The summed E-state index contributed by atoms with van der Waals surface area (Å²) < 4.78 is 4.44. The van der Waals surface area contributed by atoms with E-state index in [1.807, 2.05) is 5.48 Å². The SMILES string of the molecule is C=CCOC(=O)NOC(=O)CC. The highest BCUT2D eigenvalue weighted by Crippen LogP contribution is 1.82. The number of hydroxylamine groups is 1. The Morgan fingerprint density at radius 2 is 2.25 bits per heavy atom. The fourth-order valence-electron chi connectivity index (χ4n) is 0.335. The second-order valence-corrected chi connectivity index (χ2v) is 1.82. The van der Waals surface area contributed by atoms with E-state index in [2.05, 4.69) is 16.2 Å². The highest BCUT2D eigenvalue weighted by Gasteiger charge is 2.03. The van der Waals surface area contributed by atoms with Crippen molar-refractivity contribution in [3.8, 4) is 0 Å². The number of nitrogens with one attached hydrogen (secondary N) is 1. The quantitative estimate of drug-likeness (QED) is 0.505. The Morgan fingerprint density at radius 1 is 1.58 bits per heavy atom. The van der Waals surface area contributed by atoms with E-state index in [1.54, 1.807) is 6.92 Å². The zero-order chi connectivity index (χ0) is 9.40. The van der Waals surface area contributed by atoms with Crippen molar-refractivity contribution in [3.05, 3.63) is 12.7 Å². The third-order valence-electron chi connectivity index (χ3n) is 0.869. The van der Waals surface area contributed by atoms with Crippen LogP contribution in [0.3, 0.4) is 0 Å². The van der Waals surface area contributed by atoms with Crippen LogP contribution in [0.1, 0.15) is 13.3 Å². The highest BCUT2D eigenvalue weighted by molar-refractivity contribution is 5.72. The Labute approximate surface area is 70.3 Å². The van der Waals surface area contributed by atoms with E-state index >= 15 is 0 Å². The maximum atomic E-state index is 10.6. The summed E-state index contributed by atoms with van der Waals surface area (Å²) in [7, 11) is 0. The number of carbonyl (C=O) groups excluding carboxylic acids is 2. The summed E-state index contributed by atoms with van der Waals surface area (Å²) in [5, 5.41) is 0.